The smallest absolute Gasteiger partial charge is 0.270 e. The fourth-order valence-corrected chi connectivity index (χ4v) is 4.72. The first-order valence-electron chi connectivity index (χ1n) is 8.54. The van der Waals surface area contributed by atoms with Crippen molar-refractivity contribution in [2.24, 2.45) is 0 Å². The van der Waals surface area contributed by atoms with Crippen molar-refractivity contribution in [2.75, 3.05) is 0 Å². The van der Waals surface area contributed by atoms with Gasteiger partial charge in [0.25, 0.3) is 5.69 Å². The van der Waals surface area contributed by atoms with Crippen LogP contribution in [0.5, 0.6) is 0 Å². The average molecular weight is 419 g/mol. The van der Waals surface area contributed by atoms with Crippen LogP contribution in [-0.4, -0.2) is 9.91 Å². The largest absolute Gasteiger partial charge is 0.457 e. The van der Waals surface area contributed by atoms with Crippen LogP contribution in [0.4, 0.5) is 5.69 Å². The van der Waals surface area contributed by atoms with Gasteiger partial charge in [0.05, 0.1) is 20.0 Å². The fraction of sp³-hybridized carbons (Fsp3) is 0.0476. The van der Waals surface area contributed by atoms with Gasteiger partial charge in [0.1, 0.15) is 17.6 Å². The molecule has 8 heteroatoms. The SMILES string of the molecule is Cc1ccc([N+](=O)[O-])cc1-c1ccc(/C=C(\C#N)Sc2nc3ccccc3s2)o1. The molecule has 0 N–H and O–H groups in total. The van der Waals surface area contributed by atoms with Crippen molar-refractivity contribution in [3.05, 3.63) is 80.9 Å². The third-order valence-electron chi connectivity index (χ3n) is 4.18. The van der Waals surface area contributed by atoms with Gasteiger partial charge in [-0.25, -0.2) is 4.98 Å². The summed E-state index contributed by atoms with van der Waals surface area (Å²) in [7, 11) is 0. The Labute approximate surface area is 174 Å². The van der Waals surface area contributed by atoms with E-state index in [1.54, 1.807) is 24.3 Å². The summed E-state index contributed by atoms with van der Waals surface area (Å²) in [5.74, 6) is 1.01. The lowest BCUT2D eigenvalue weighted by molar-refractivity contribution is -0.384. The lowest BCUT2D eigenvalue weighted by Crippen LogP contribution is -1.89. The molecule has 0 aliphatic heterocycles. The molecule has 0 radical (unpaired) electrons. The van der Waals surface area contributed by atoms with E-state index in [2.05, 4.69) is 11.1 Å². The lowest BCUT2D eigenvalue weighted by Gasteiger charge is -2.02. The first-order valence-corrected chi connectivity index (χ1v) is 10.2. The molecule has 142 valence electrons. The van der Waals surface area contributed by atoms with E-state index < -0.39 is 4.92 Å². The molecule has 2 aromatic carbocycles. The summed E-state index contributed by atoms with van der Waals surface area (Å²) in [5.41, 5.74) is 2.42. The molecule has 0 aliphatic rings. The van der Waals surface area contributed by atoms with Gasteiger partial charge in [0.2, 0.25) is 0 Å². The van der Waals surface area contributed by atoms with Crippen LogP contribution in [0, 0.1) is 28.4 Å². The van der Waals surface area contributed by atoms with Crippen LogP contribution >= 0.6 is 23.1 Å². The third kappa shape index (κ3) is 4.06. The van der Waals surface area contributed by atoms with Crippen LogP contribution < -0.4 is 0 Å². The zero-order chi connectivity index (χ0) is 20.4. The number of para-hydroxylation sites is 1. The Kier molecular flexibility index (Phi) is 5.16. The predicted octanol–water partition coefficient (Wildman–Crippen LogP) is 6.43. The van der Waals surface area contributed by atoms with Gasteiger partial charge in [-0.1, -0.05) is 18.2 Å². The van der Waals surface area contributed by atoms with Gasteiger partial charge in [-0.05, 0) is 48.5 Å². The second-order valence-corrected chi connectivity index (χ2v) is 8.45. The molecule has 0 bridgehead atoms. The van der Waals surface area contributed by atoms with Crippen LogP contribution in [0.3, 0.4) is 0 Å². The van der Waals surface area contributed by atoms with E-state index in [-0.39, 0.29) is 5.69 Å². The van der Waals surface area contributed by atoms with Gasteiger partial charge in [-0.2, -0.15) is 5.26 Å². The van der Waals surface area contributed by atoms with Gasteiger partial charge in [-0.15, -0.1) is 11.3 Å². The highest BCUT2D eigenvalue weighted by molar-refractivity contribution is 8.05. The van der Waals surface area contributed by atoms with E-state index in [0.717, 1.165) is 20.1 Å². The number of nitrogens with zero attached hydrogens (tertiary/aromatic N) is 3. The van der Waals surface area contributed by atoms with Crippen LogP contribution in [0.2, 0.25) is 0 Å². The van der Waals surface area contributed by atoms with Crippen LogP contribution in [-0.2, 0) is 0 Å². The third-order valence-corrected chi connectivity index (χ3v) is 6.21. The van der Waals surface area contributed by atoms with Crippen LogP contribution in [0.15, 0.2) is 68.3 Å². The summed E-state index contributed by atoms with van der Waals surface area (Å²) in [5, 5.41) is 20.6. The molecule has 6 nitrogen and oxygen atoms in total. The quantitative estimate of drug-likeness (QED) is 0.160. The first kappa shape index (κ1) is 18.9. The van der Waals surface area contributed by atoms with Crippen molar-refractivity contribution >= 4 is 45.1 Å². The number of nitro benzene ring substituents is 1. The van der Waals surface area contributed by atoms with Crippen molar-refractivity contribution in [2.45, 2.75) is 11.3 Å². The minimum absolute atomic E-state index is 0.00296. The maximum Gasteiger partial charge on any atom is 0.270 e. The second-order valence-electron chi connectivity index (χ2n) is 6.13. The molecular weight excluding hydrogens is 406 g/mol. The Morgan fingerprint density at radius 2 is 2.10 bits per heavy atom. The predicted molar refractivity (Wildman–Crippen MR) is 115 cm³/mol. The summed E-state index contributed by atoms with van der Waals surface area (Å²) >= 11 is 2.81. The van der Waals surface area contributed by atoms with E-state index in [0.29, 0.717) is 22.0 Å². The molecule has 2 heterocycles. The maximum atomic E-state index is 11.0. The van der Waals surface area contributed by atoms with Crippen molar-refractivity contribution in [1.82, 2.24) is 4.98 Å². The molecule has 0 spiro atoms. The van der Waals surface area contributed by atoms with E-state index >= 15 is 0 Å². The van der Waals surface area contributed by atoms with E-state index in [4.69, 9.17) is 4.42 Å². The van der Waals surface area contributed by atoms with E-state index in [1.807, 2.05) is 31.2 Å². The second kappa shape index (κ2) is 7.91. The Morgan fingerprint density at radius 1 is 1.28 bits per heavy atom. The molecule has 0 amide bonds. The van der Waals surface area contributed by atoms with Gasteiger partial charge >= 0.3 is 0 Å². The number of fused-ring (bicyclic) bond motifs is 1. The number of hydrogen-bond acceptors (Lipinski definition) is 7. The Bertz CT molecular complexity index is 1260. The number of aromatic nitrogens is 1. The van der Waals surface area contributed by atoms with E-state index in [9.17, 15) is 15.4 Å². The molecule has 0 atom stereocenters. The minimum atomic E-state index is -0.435. The number of aryl methyl sites for hydroxylation is 1. The number of non-ortho nitro benzene ring substituents is 1. The van der Waals surface area contributed by atoms with Crippen molar-refractivity contribution in [3.8, 4) is 17.4 Å². The monoisotopic (exact) mass is 419 g/mol. The van der Waals surface area contributed by atoms with Crippen molar-refractivity contribution in [3.63, 3.8) is 0 Å². The zero-order valence-electron chi connectivity index (χ0n) is 15.2. The average Bonchev–Trinajstić information content (AvgIpc) is 3.34. The highest BCUT2D eigenvalue weighted by atomic mass is 32.2. The Morgan fingerprint density at radius 3 is 2.86 bits per heavy atom. The normalized spacial score (nSPS) is 11.5. The van der Waals surface area contributed by atoms with Crippen molar-refractivity contribution in [1.29, 1.82) is 5.26 Å². The summed E-state index contributed by atoms with van der Waals surface area (Å²) in [6.07, 6.45) is 1.65. The Hall–Kier alpha value is -3.41. The van der Waals surface area contributed by atoms with Gasteiger partial charge in [0, 0.05) is 23.8 Å². The molecule has 29 heavy (non-hydrogen) atoms. The topological polar surface area (TPSA) is 93.0 Å². The number of thiazole rings is 1. The molecule has 0 saturated heterocycles. The molecule has 4 aromatic rings. The highest BCUT2D eigenvalue weighted by Gasteiger charge is 2.14. The lowest BCUT2D eigenvalue weighted by atomic mass is 10.1. The minimum Gasteiger partial charge on any atom is -0.457 e. The number of allylic oxidation sites excluding steroid dienone is 1. The molecule has 0 aliphatic carbocycles. The van der Waals surface area contributed by atoms with Crippen LogP contribution in [0.1, 0.15) is 11.3 Å². The van der Waals surface area contributed by atoms with E-state index in [1.165, 1.54) is 35.2 Å². The number of thioether (sulfide) groups is 1. The van der Waals surface area contributed by atoms with Gasteiger partial charge in [-0.3, -0.25) is 10.1 Å². The fourth-order valence-electron chi connectivity index (χ4n) is 2.77. The Balaban J connectivity index is 1.61. The van der Waals surface area contributed by atoms with Gasteiger partial charge < -0.3 is 4.42 Å². The molecule has 4 rings (SSSR count). The number of benzene rings is 2. The first-order chi connectivity index (χ1) is 14.0. The standard InChI is InChI=1S/C21H13N3O3S2/c1-13-6-7-14(24(25)26)10-17(13)19-9-8-15(27-19)11-16(12-22)28-21-23-18-4-2-3-5-20(18)29-21/h2-11H,1H3/b16-11+. The molecule has 0 saturated carbocycles. The molecule has 2 aromatic heterocycles. The van der Waals surface area contributed by atoms with Crippen LogP contribution in [0.25, 0.3) is 27.6 Å². The number of furan rings is 1. The number of hydrogen-bond donors (Lipinski definition) is 0. The summed E-state index contributed by atoms with van der Waals surface area (Å²) < 4.78 is 7.68. The maximum absolute atomic E-state index is 11.0. The molecular formula is C21H13N3O3S2. The molecule has 0 unspecified atom stereocenters. The van der Waals surface area contributed by atoms with Gasteiger partial charge in [0.15, 0.2) is 4.34 Å². The van der Waals surface area contributed by atoms with Crippen molar-refractivity contribution < 1.29 is 9.34 Å². The number of nitriles is 1. The summed E-state index contributed by atoms with van der Waals surface area (Å²) in [6, 6.07) is 18.1. The summed E-state index contributed by atoms with van der Waals surface area (Å²) in [6.45, 7) is 1.86. The summed E-state index contributed by atoms with van der Waals surface area (Å²) in [4.78, 5) is 15.6. The molecule has 0 fully saturated rings. The number of rotatable bonds is 5. The highest BCUT2D eigenvalue weighted by Crippen LogP contribution is 2.35. The zero-order valence-corrected chi connectivity index (χ0v) is 16.8. The number of nitro groups is 1.